The minimum absolute atomic E-state index is 0.0326. The summed E-state index contributed by atoms with van der Waals surface area (Å²) in [6.07, 6.45) is 0. The number of rotatable bonds is 7. The summed E-state index contributed by atoms with van der Waals surface area (Å²) in [4.78, 5) is 26.4. The Hall–Kier alpha value is -1.75. The van der Waals surface area contributed by atoms with Crippen LogP contribution in [0.3, 0.4) is 0 Å². The van der Waals surface area contributed by atoms with E-state index in [0.29, 0.717) is 18.7 Å². The van der Waals surface area contributed by atoms with Gasteiger partial charge in [-0.25, -0.2) is 4.79 Å². The lowest BCUT2D eigenvalue weighted by Gasteiger charge is -2.20. The van der Waals surface area contributed by atoms with Gasteiger partial charge >= 0.3 is 5.97 Å². The van der Waals surface area contributed by atoms with Gasteiger partial charge in [-0.3, -0.25) is 4.79 Å². The lowest BCUT2D eigenvalue weighted by Crippen LogP contribution is -2.33. The van der Waals surface area contributed by atoms with E-state index in [4.69, 9.17) is 4.74 Å². The van der Waals surface area contributed by atoms with Crippen LogP contribution >= 0.6 is 11.8 Å². The van der Waals surface area contributed by atoms with Crippen molar-refractivity contribution in [3.63, 3.8) is 0 Å². The number of carbonyl (C=O) groups excluding carboxylic acids is 2. The molecule has 0 fully saturated rings. The highest BCUT2D eigenvalue weighted by molar-refractivity contribution is 8.00. The van der Waals surface area contributed by atoms with E-state index < -0.39 is 0 Å². The van der Waals surface area contributed by atoms with Gasteiger partial charge in [0, 0.05) is 18.0 Å². The van der Waals surface area contributed by atoms with Crippen LogP contribution in [0.4, 0.5) is 0 Å². The molecule has 0 radical (unpaired) electrons. The molecule has 1 amide bonds. The van der Waals surface area contributed by atoms with E-state index in [0.717, 1.165) is 10.5 Å². The molecule has 0 spiro atoms. The number of benzene rings is 1. The SMILES string of the molecule is C=C(C)CN(CC)C(=O)CSc1ccccc1C(=O)OC. The van der Waals surface area contributed by atoms with Crippen molar-refractivity contribution in [2.45, 2.75) is 18.7 Å². The maximum absolute atomic E-state index is 12.2. The fraction of sp³-hybridized carbons (Fsp3) is 0.375. The van der Waals surface area contributed by atoms with Gasteiger partial charge in [0.25, 0.3) is 0 Å². The third-order valence-corrected chi connectivity index (χ3v) is 3.90. The number of carbonyl (C=O) groups is 2. The van der Waals surface area contributed by atoms with Crippen LogP contribution in [-0.4, -0.2) is 42.7 Å². The highest BCUT2D eigenvalue weighted by Crippen LogP contribution is 2.23. The van der Waals surface area contributed by atoms with E-state index >= 15 is 0 Å². The quantitative estimate of drug-likeness (QED) is 0.441. The number of nitrogens with zero attached hydrogens (tertiary/aromatic N) is 1. The second-order valence-corrected chi connectivity index (χ2v) is 5.66. The third kappa shape index (κ3) is 5.27. The van der Waals surface area contributed by atoms with E-state index in [1.54, 1.807) is 17.0 Å². The molecule has 0 heterocycles. The average Bonchev–Trinajstić information content (AvgIpc) is 2.49. The molecule has 0 N–H and O–H groups in total. The molecule has 21 heavy (non-hydrogen) atoms. The van der Waals surface area contributed by atoms with Gasteiger partial charge in [-0.2, -0.15) is 0 Å². The van der Waals surface area contributed by atoms with E-state index in [-0.39, 0.29) is 17.6 Å². The topological polar surface area (TPSA) is 46.6 Å². The predicted octanol–water partition coefficient (Wildman–Crippen LogP) is 2.99. The smallest absolute Gasteiger partial charge is 0.338 e. The van der Waals surface area contributed by atoms with E-state index in [1.165, 1.54) is 18.9 Å². The Morgan fingerprint density at radius 3 is 2.57 bits per heavy atom. The van der Waals surface area contributed by atoms with Crippen LogP contribution in [-0.2, 0) is 9.53 Å². The number of hydrogen-bond acceptors (Lipinski definition) is 4. The van der Waals surface area contributed by atoms with Gasteiger partial charge in [-0.15, -0.1) is 11.8 Å². The van der Waals surface area contributed by atoms with Gasteiger partial charge in [0.1, 0.15) is 0 Å². The molecular formula is C16H21NO3S. The van der Waals surface area contributed by atoms with Crippen LogP contribution < -0.4 is 0 Å². The zero-order valence-corrected chi connectivity index (χ0v) is 13.5. The first-order valence-corrected chi connectivity index (χ1v) is 7.70. The molecule has 0 aliphatic carbocycles. The van der Waals surface area contributed by atoms with Gasteiger partial charge in [-0.1, -0.05) is 24.3 Å². The monoisotopic (exact) mass is 307 g/mol. The van der Waals surface area contributed by atoms with Crippen molar-refractivity contribution in [2.24, 2.45) is 0 Å². The Labute approximate surface area is 130 Å². The van der Waals surface area contributed by atoms with Gasteiger partial charge < -0.3 is 9.64 Å². The maximum atomic E-state index is 12.2. The molecule has 0 aliphatic rings. The van der Waals surface area contributed by atoms with Crippen molar-refractivity contribution in [3.8, 4) is 0 Å². The molecule has 5 heteroatoms. The zero-order valence-electron chi connectivity index (χ0n) is 12.7. The molecule has 4 nitrogen and oxygen atoms in total. The predicted molar refractivity (Wildman–Crippen MR) is 85.6 cm³/mol. The first kappa shape index (κ1) is 17.3. The zero-order chi connectivity index (χ0) is 15.8. The Morgan fingerprint density at radius 1 is 1.33 bits per heavy atom. The average molecular weight is 307 g/mol. The molecular weight excluding hydrogens is 286 g/mol. The minimum Gasteiger partial charge on any atom is -0.465 e. The van der Waals surface area contributed by atoms with Crippen LogP contribution in [0.5, 0.6) is 0 Å². The molecule has 1 aromatic rings. The van der Waals surface area contributed by atoms with Crippen LogP contribution in [0.2, 0.25) is 0 Å². The second-order valence-electron chi connectivity index (χ2n) is 4.64. The lowest BCUT2D eigenvalue weighted by molar-refractivity contribution is -0.127. The maximum Gasteiger partial charge on any atom is 0.338 e. The molecule has 1 aromatic carbocycles. The summed E-state index contributed by atoms with van der Waals surface area (Å²) in [6, 6.07) is 7.13. The first-order chi connectivity index (χ1) is 9.99. The molecule has 1 rings (SSSR count). The number of esters is 1. The van der Waals surface area contributed by atoms with Crippen molar-refractivity contribution in [1.82, 2.24) is 4.90 Å². The number of thioether (sulfide) groups is 1. The summed E-state index contributed by atoms with van der Waals surface area (Å²) in [5, 5.41) is 0. The minimum atomic E-state index is -0.389. The summed E-state index contributed by atoms with van der Waals surface area (Å²) in [7, 11) is 1.35. The molecule has 0 atom stereocenters. The molecule has 0 aliphatic heterocycles. The number of likely N-dealkylation sites (N-methyl/N-ethyl adjacent to an activating group) is 1. The van der Waals surface area contributed by atoms with Gasteiger partial charge in [0.15, 0.2) is 0 Å². The van der Waals surface area contributed by atoms with E-state index in [2.05, 4.69) is 6.58 Å². The van der Waals surface area contributed by atoms with Crippen LogP contribution in [0.25, 0.3) is 0 Å². The highest BCUT2D eigenvalue weighted by atomic mass is 32.2. The number of amides is 1. The second kappa shape index (κ2) is 8.52. The van der Waals surface area contributed by atoms with Crippen molar-refractivity contribution < 1.29 is 14.3 Å². The van der Waals surface area contributed by atoms with Crippen molar-refractivity contribution in [1.29, 1.82) is 0 Å². The largest absolute Gasteiger partial charge is 0.465 e. The molecule has 0 saturated heterocycles. The van der Waals surface area contributed by atoms with Crippen molar-refractivity contribution >= 4 is 23.6 Å². The van der Waals surface area contributed by atoms with Crippen LogP contribution in [0, 0.1) is 0 Å². The summed E-state index contributed by atoms with van der Waals surface area (Å²) in [5.41, 5.74) is 1.44. The van der Waals surface area contributed by atoms with Crippen LogP contribution in [0.1, 0.15) is 24.2 Å². The standard InChI is InChI=1S/C16H21NO3S/c1-5-17(10-12(2)3)15(18)11-21-14-9-7-6-8-13(14)16(19)20-4/h6-9H,2,5,10-11H2,1,3-4H3. The fourth-order valence-electron chi connectivity index (χ4n) is 1.80. The number of hydrogen-bond donors (Lipinski definition) is 0. The van der Waals surface area contributed by atoms with Crippen molar-refractivity contribution in [2.75, 3.05) is 26.0 Å². The lowest BCUT2D eigenvalue weighted by atomic mass is 10.2. The Morgan fingerprint density at radius 2 is 2.00 bits per heavy atom. The normalized spacial score (nSPS) is 10.0. The summed E-state index contributed by atoms with van der Waals surface area (Å²) < 4.78 is 4.75. The molecule has 114 valence electrons. The number of methoxy groups -OCH3 is 1. The Kier molecular flexibility index (Phi) is 7.02. The summed E-state index contributed by atoms with van der Waals surface area (Å²) in [6.45, 7) is 8.87. The summed E-state index contributed by atoms with van der Waals surface area (Å²) >= 11 is 1.35. The van der Waals surface area contributed by atoms with Gasteiger partial charge in [-0.05, 0) is 26.0 Å². The van der Waals surface area contributed by atoms with Crippen molar-refractivity contribution in [3.05, 3.63) is 42.0 Å². The highest BCUT2D eigenvalue weighted by Gasteiger charge is 2.15. The Bertz CT molecular complexity index is 528. The number of ether oxygens (including phenoxy) is 1. The first-order valence-electron chi connectivity index (χ1n) is 6.71. The van der Waals surface area contributed by atoms with Gasteiger partial charge in [0.2, 0.25) is 5.91 Å². The van der Waals surface area contributed by atoms with E-state index in [1.807, 2.05) is 26.0 Å². The fourth-order valence-corrected chi connectivity index (χ4v) is 2.75. The Balaban J connectivity index is 2.72. The third-order valence-electron chi connectivity index (χ3n) is 2.84. The van der Waals surface area contributed by atoms with E-state index in [9.17, 15) is 9.59 Å². The summed E-state index contributed by atoms with van der Waals surface area (Å²) in [5.74, 6) is -0.0696. The molecule has 0 saturated carbocycles. The molecule has 0 aromatic heterocycles. The molecule has 0 unspecified atom stereocenters. The molecule has 0 bridgehead atoms. The van der Waals surface area contributed by atoms with Gasteiger partial charge in [0.05, 0.1) is 18.4 Å². The van der Waals surface area contributed by atoms with Crippen LogP contribution in [0.15, 0.2) is 41.3 Å².